The molecule has 8 atom stereocenters. The van der Waals surface area contributed by atoms with Gasteiger partial charge in [0.2, 0.25) is 17.7 Å². The first-order valence-corrected chi connectivity index (χ1v) is 15.5. The number of hydrogen-bond acceptors (Lipinski definition) is 7. The first kappa shape index (κ1) is 29.8. The smallest absolute Gasteiger partial charge is 0.313 e. The van der Waals surface area contributed by atoms with Crippen LogP contribution in [0, 0.1) is 17.8 Å². The van der Waals surface area contributed by atoms with Gasteiger partial charge in [-0.25, -0.2) is 0 Å². The zero-order chi connectivity index (χ0) is 29.3. The van der Waals surface area contributed by atoms with Crippen LogP contribution in [-0.4, -0.2) is 94.2 Å². The molecule has 3 amide bonds. The van der Waals surface area contributed by atoms with Crippen molar-refractivity contribution in [3.8, 4) is 0 Å². The van der Waals surface area contributed by atoms with Gasteiger partial charge in [-0.3, -0.25) is 19.2 Å². The van der Waals surface area contributed by atoms with E-state index in [1.54, 1.807) is 17.9 Å². The number of likely N-dealkylation sites (tertiary alicyclic amines) is 1. The number of hydrogen-bond donors (Lipinski definition) is 2. The van der Waals surface area contributed by atoms with Gasteiger partial charge in [-0.1, -0.05) is 63.8 Å². The fourth-order valence-electron chi connectivity index (χ4n) is 7.48. The summed E-state index contributed by atoms with van der Waals surface area (Å²) in [6, 6.07) is -1.59. The van der Waals surface area contributed by atoms with Gasteiger partial charge >= 0.3 is 5.97 Å². The van der Waals surface area contributed by atoms with Gasteiger partial charge in [-0.15, -0.1) is 0 Å². The van der Waals surface area contributed by atoms with Gasteiger partial charge in [-0.05, 0) is 32.1 Å². The highest BCUT2D eigenvalue weighted by Gasteiger charge is 2.74. The standard InChI is InChI=1S/C31H45N3O7/c1-4-19(2)22(18-35)34-27-29(38)33(21-11-7-5-8-12-21)16-10-6-9-13-24(36)32-17-20(3)40-30(39)25-23-14-15-31(27,41-23)26(25)28(34)37/h6,10,14-15,19-23,25-27,35H,4-5,7-9,11-13,16-18H2,1-3H3,(H,32,36)/b10-6-/t19-,20+,22-,23-,25+,26+,27-,31+/m0/s1. The predicted molar refractivity (Wildman–Crippen MR) is 150 cm³/mol. The van der Waals surface area contributed by atoms with E-state index in [2.05, 4.69) is 5.32 Å². The Kier molecular flexibility index (Phi) is 8.90. The van der Waals surface area contributed by atoms with Crippen LogP contribution in [0.3, 0.4) is 0 Å². The molecule has 0 radical (unpaired) electrons. The van der Waals surface area contributed by atoms with Crippen LogP contribution < -0.4 is 5.32 Å². The van der Waals surface area contributed by atoms with E-state index < -0.39 is 47.7 Å². The summed E-state index contributed by atoms with van der Waals surface area (Å²) >= 11 is 0. The number of cyclic esters (lactones) is 1. The maximum atomic E-state index is 14.8. The van der Waals surface area contributed by atoms with E-state index in [0.717, 1.165) is 32.1 Å². The molecule has 5 bridgehead atoms. The lowest BCUT2D eigenvalue weighted by Gasteiger charge is -2.43. The number of ether oxygens (including phenoxy) is 2. The van der Waals surface area contributed by atoms with E-state index in [9.17, 15) is 24.3 Å². The minimum absolute atomic E-state index is 0.0130. The van der Waals surface area contributed by atoms with Gasteiger partial charge in [0.05, 0.1) is 31.2 Å². The van der Waals surface area contributed by atoms with Crippen LogP contribution in [0.2, 0.25) is 0 Å². The summed E-state index contributed by atoms with van der Waals surface area (Å²) < 4.78 is 12.2. The topological polar surface area (TPSA) is 125 Å². The number of fused-ring (bicyclic) bond motifs is 2. The lowest BCUT2D eigenvalue weighted by Crippen LogP contribution is -2.61. The number of esters is 1. The molecule has 5 aliphatic rings. The Hall–Kier alpha value is -2.72. The number of carbonyl (C=O) groups is 4. The molecule has 1 aliphatic carbocycles. The van der Waals surface area contributed by atoms with Crippen molar-refractivity contribution in [3.05, 3.63) is 24.3 Å². The highest BCUT2D eigenvalue weighted by Crippen LogP contribution is 2.56. The summed E-state index contributed by atoms with van der Waals surface area (Å²) in [4.78, 5) is 58.6. The Morgan fingerprint density at radius 2 is 1.88 bits per heavy atom. The molecule has 1 saturated carbocycles. The van der Waals surface area contributed by atoms with Crippen LogP contribution in [-0.2, 0) is 28.7 Å². The lowest BCUT2D eigenvalue weighted by atomic mass is 9.74. The molecule has 41 heavy (non-hydrogen) atoms. The van der Waals surface area contributed by atoms with Crippen LogP contribution in [0.25, 0.3) is 0 Å². The molecule has 2 N–H and O–H groups in total. The number of rotatable bonds is 5. The monoisotopic (exact) mass is 571 g/mol. The van der Waals surface area contributed by atoms with Crippen molar-refractivity contribution in [2.45, 2.75) is 108 Å². The second kappa shape index (κ2) is 12.3. The molecular formula is C31H45N3O7. The third-order valence-electron chi connectivity index (χ3n) is 9.87. The zero-order valence-electron chi connectivity index (χ0n) is 24.5. The molecule has 5 rings (SSSR count). The van der Waals surface area contributed by atoms with E-state index in [1.165, 1.54) is 0 Å². The third-order valence-corrected chi connectivity index (χ3v) is 9.87. The Labute approximate surface area is 242 Å². The van der Waals surface area contributed by atoms with Crippen molar-refractivity contribution >= 4 is 23.7 Å². The van der Waals surface area contributed by atoms with Crippen molar-refractivity contribution in [3.63, 3.8) is 0 Å². The second-order valence-corrected chi connectivity index (χ2v) is 12.4. The molecule has 4 heterocycles. The highest BCUT2D eigenvalue weighted by atomic mass is 16.6. The van der Waals surface area contributed by atoms with Crippen LogP contribution in [0.5, 0.6) is 0 Å². The average Bonchev–Trinajstić information content (AvgIpc) is 3.61. The summed E-state index contributed by atoms with van der Waals surface area (Å²) in [5, 5.41) is 13.4. The third kappa shape index (κ3) is 5.33. The van der Waals surface area contributed by atoms with Gasteiger partial charge in [0, 0.05) is 19.0 Å². The Bertz CT molecular complexity index is 1090. The molecule has 10 nitrogen and oxygen atoms in total. The molecule has 0 aromatic heterocycles. The number of allylic oxidation sites excluding steroid dienone is 1. The summed E-state index contributed by atoms with van der Waals surface area (Å²) in [7, 11) is 0. The van der Waals surface area contributed by atoms with E-state index in [1.807, 2.05) is 37.0 Å². The lowest BCUT2D eigenvalue weighted by molar-refractivity contribution is -0.160. The van der Waals surface area contributed by atoms with Crippen molar-refractivity contribution in [1.29, 1.82) is 0 Å². The van der Waals surface area contributed by atoms with Crippen molar-refractivity contribution < 1.29 is 33.8 Å². The van der Waals surface area contributed by atoms with Gasteiger partial charge in [-0.2, -0.15) is 0 Å². The minimum Gasteiger partial charge on any atom is -0.460 e. The maximum absolute atomic E-state index is 14.8. The number of carbonyl (C=O) groups excluding carboxylic acids is 4. The van der Waals surface area contributed by atoms with Crippen LogP contribution >= 0.6 is 0 Å². The summed E-state index contributed by atoms with van der Waals surface area (Å²) in [5.41, 5.74) is -1.31. The predicted octanol–water partition coefficient (Wildman–Crippen LogP) is 2.10. The molecule has 0 aromatic rings. The normalized spacial score (nSPS) is 37.1. The molecule has 3 fully saturated rings. The van der Waals surface area contributed by atoms with Gasteiger partial charge in [0.25, 0.3) is 0 Å². The van der Waals surface area contributed by atoms with Gasteiger partial charge in [0.1, 0.15) is 23.7 Å². The maximum Gasteiger partial charge on any atom is 0.313 e. The minimum atomic E-state index is -1.31. The molecule has 2 saturated heterocycles. The summed E-state index contributed by atoms with van der Waals surface area (Å²) in [6.45, 7) is 5.89. The van der Waals surface area contributed by atoms with Crippen molar-refractivity contribution in [2.75, 3.05) is 19.7 Å². The van der Waals surface area contributed by atoms with Gasteiger partial charge in [0.15, 0.2) is 0 Å². The van der Waals surface area contributed by atoms with E-state index in [-0.39, 0.29) is 42.8 Å². The second-order valence-electron chi connectivity index (χ2n) is 12.4. The van der Waals surface area contributed by atoms with Crippen LogP contribution in [0.4, 0.5) is 0 Å². The van der Waals surface area contributed by atoms with Crippen LogP contribution in [0.1, 0.15) is 72.1 Å². The molecule has 0 unspecified atom stereocenters. The van der Waals surface area contributed by atoms with E-state index in [4.69, 9.17) is 9.47 Å². The number of aliphatic hydroxyl groups is 1. The number of nitrogens with zero attached hydrogens (tertiary/aromatic N) is 2. The Morgan fingerprint density at radius 1 is 1.12 bits per heavy atom. The van der Waals surface area contributed by atoms with E-state index >= 15 is 0 Å². The van der Waals surface area contributed by atoms with Gasteiger partial charge < -0.3 is 29.7 Å². The molecular weight excluding hydrogens is 526 g/mol. The summed E-state index contributed by atoms with van der Waals surface area (Å²) in [6.07, 6.45) is 12.6. The molecule has 4 aliphatic heterocycles. The first-order valence-electron chi connectivity index (χ1n) is 15.5. The van der Waals surface area contributed by atoms with Crippen molar-refractivity contribution in [2.24, 2.45) is 17.8 Å². The fourth-order valence-corrected chi connectivity index (χ4v) is 7.48. The van der Waals surface area contributed by atoms with Crippen LogP contribution in [0.15, 0.2) is 24.3 Å². The SMILES string of the molecule is CC[C@H](C)[C@H](CO)N1C(=O)[C@H]2[C@@H]3C(=O)O[C@H](C)CNC(=O)CC/C=C\CN(C4CCCCC4)C(=O)[C@H]1[C@@]21C=C[C@@H]3O1. The number of amides is 3. The van der Waals surface area contributed by atoms with Crippen molar-refractivity contribution in [1.82, 2.24) is 15.1 Å². The largest absolute Gasteiger partial charge is 0.460 e. The average molecular weight is 572 g/mol. The fraction of sp³-hybridized carbons (Fsp3) is 0.742. The number of nitrogens with one attached hydrogen (secondary N) is 1. The Morgan fingerprint density at radius 3 is 2.59 bits per heavy atom. The molecule has 226 valence electrons. The quantitative estimate of drug-likeness (QED) is 0.382. The summed E-state index contributed by atoms with van der Waals surface area (Å²) in [5.74, 6) is -3.21. The highest BCUT2D eigenvalue weighted by molar-refractivity contribution is 5.99. The molecule has 1 spiro atoms. The molecule has 10 heteroatoms. The zero-order valence-corrected chi connectivity index (χ0v) is 24.5. The molecule has 0 aromatic carbocycles. The first-order chi connectivity index (χ1) is 19.7. The number of aliphatic hydroxyl groups excluding tert-OH is 1. The Balaban J connectivity index is 1.60. The van der Waals surface area contributed by atoms with E-state index in [0.29, 0.717) is 25.8 Å².